The second-order valence-electron chi connectivity index (χ2n) is 4.69. The van der Waals surface area contributed by atoms with E-state index in [4.69, 9.17) is 9.47 Å². The first kappa shape index (κ1) is 14.6. The lowest BCUT2D eigenvalue weighted by molar-refractivity contribution is -0.142. The molecule has 1 aromatic carbocycles. The number of nitrogens with one attached hydrogen (secondary N) is 1. The van der Waals surface area contributed by atoms with Crippen LogP contribution in [0, 0.1) is 0 Å². The van der Waals surface area contributed by atoms with Crippen LogP contribution in [0.15, 0.2) is 24.3 Å². The van der Waals surface area contributed by atoms with Gasteiger partial charge in [0.1, 0.15) is 5.75 Å². The van der Waals surface area contributed by atoms with Crippen LogP contribution in [0.3, 0.4) is 0 Å². The fraction of sp³-hybridized carbons (Fsp3) is 0.438. The Morgan fingerprint density at radius 3 is 3.05 bits per heavy atom. The first-order chi connectivity index (χ1) is 9.74. The number of esters is 1. The zero-order valence-corrected chi connectivity index (χ0v) is 12.1. The molecule has 0 saturated heterocycles. The molecule has 4 heteroatoms. The summed E-state index contributed by atoms with van der Waals surface area (Å²) in [5, 5.41) is 3.22. The molecule has 0 atom stereocenters. The zero-order chi connectivity index (χ0) is 14.4. The van der Waals surface area contributed by atoms with E-state index >= 15 is 0 Å². The molecule has 0 aromatic heterocycles. The third kappa shape index (κ3) is 3.61. The molecule has 20 heavy (non-hydrogen) atoms. The predicted molar refractivity (Wildman–Crippen MR) is 78.8 cm³/mol. The number of allylic oxidation sites excluding steroid dienone is 1. The number of hydrogen-bond acceptors (Lipinski definition) is 4. The molecule has 0 amide bonds. The normalized spacial score (nSPS) is 14.6. The molecule has 108 valence electrons. The highest BCUT2D eigenvalue weighted by Gasteiger charge is 2.19. The van der Waals surface area contributed by atoms with E-state index in [1.165, 1.54) is 16.7 Å². The van der Waals surface area contributed by atoms with Crippen molar-refractivity contribution in [3.63, 3.8) is 0 Å². The van der Waals surface area contributed by atoms with E-state index in [2.05, 4.69) is 23.5 Å². The van der Waals surface area contributed by atoms with Crippen molar-refractivity contribution >= 4 is 11.5 Å². The molecule has 1 aliphatic carbocycles. The number of methoxy groups -OCH3 is 1. The number of carbonyl (C=O) groups is 1. The van der Waals surface area contributed by atoms with Gasteiger partial charge in [-0.15, -0.1) is 0 Å². The Bertz CT molecular complexity index is 508. The van der Waals surface area contributed by atoms with Crippen LogP contribution in [0.1, 0.15) is 24.5 Å². The SMILES string of the molecule is CCOC(=O)CCNC/C=C1/Cc2ccc(OC)cc21. The van der Waals surface area contributed by atoms with Gasteiger partial charge in [0.2, 0.25) is 0 Å². The van der Waals surface area contributed by atoms with Gasteiger partial charge in [0.05, 0.1) is 20.1 Å². The lowest BCUT2D eigenvalue weighted by Crippen LogP contribution is -2.20. The molecule has 0 heterocycles. The summed E-state index contributed by atoms with van der Waals surface area (Å²) < 4.78 is 10.1. The van der Waals surface area contributed by atoms with Crippen LogP contribution in [0.5, 0.6) is 5.75 Å². The maximum Gasteiger partial charge on any atom is 0.307 e. The molecule has 0 saturated carbocycles. The molecule has 0 unspecified atom stereocenters. The molecule has 1 aromatic rings. The van der Waals surface area contributed by atoms with Crippen molar-refractivity contribution in [1.82, 2.24) is 5.32 Å². The molecule has 0 bridgehead atoms. The van der Waals surface area contributed by atoms with Gasteiger partial charge in [0.25, 0.3) is 0 Å². The lowest BCUT2D eigenvalue weighted by Gasteiger charge is -2.23. The number of ether oxygens (including phenoxy) is 2. The summed E-state index contributed by atoms with van der Waals surface area (Å²) in [4.78, 5) is 11.2. The average Bonchev–Trinajstić information content (AvgIpc) is 2.43. The maximum absolute atomic E-state index is 11.2. The average molecular weight is 275 g/mol. The summed E-state index contributed by atoms with van der Waals surface area (Å²) in [6.07, 6.45) is 3.60. The Morgan fingerprint density at radius 2 is 2.30 bits per heavy atom. The van der Waals surface area contributed by atoms with Gasteiger partial charge in [0, 0.05) is 13.1 Å². The molecule has 2 rings (SSSR count). The summed E-state index contributed by atoms with van der Waals surface area (Å²) in [5.74, 6) is 0.746. The quantitative estimate of drug-likeness (QED) is 0.612. The monoisotopic (exact) mass is 275 g/mol. The Morgan fingerprint density at radius 1 is 1.45 bits per heavy atom. The van der Waals surface area contributed by atoms with E-state index in [0.29, 0.717) is 19.6 Å². The van der Waals surface area contributed by atoms with Crippen LogP contribution < -0.4 is 10.1 Å². The Kier molecular flexibility index (Phi) is 5.18. The van der Waals surface area contributed by atoms with Crippen LogP contribution in [0.4, 0.5) is 0 Å². The minimum Gasteiger partial charge on any atom is -0.497 e. The smallest absolute Gasteiger partial charge is 0.307 e. The third-order valence-corrected chi connectivity index (χ3v) is 3.35. The highest BCUT2D eigenvalue weighted by molar-refractivity contribution is 5.80. The van der Waals surface area contributed by atoms with Gasteiger partial charge in [-0.2, -0.15) is 0 Å². The first-order valence-corrected chi connectivity index (χ1v) is 6.97. The topological polar surface area (TPSA) is 47.6 Å². The molecule has 0 spiro atoms. The van der Waals surface area contributed by atoms with Crippen LogP contribution >= 0.6 is 0 Å². The Labute approximate surface area is 119 Å². The van der Waals surface area contributed by atoms with E-state index in [-0.39, 0.29) is 5.97 Å². The highest BCUT2D eigenvalue weighted by atomic mass is 16.5. The van der Waals surface area contributed by atoms with Gasteiger partial charge in [0.15, 0.2) is 0 Å². The minimum absolute atomic E-state index is 0.147. The van der Waals surface area contributed by atoms with Crippen LogP contribution in [0.25, 0.3) is 5.57 Å². The summed E-state index contributed by atoms with van der Waals surface area (Å²) in [7, 11) is 1.68. The second kappa shape index (κ2) is 7.10. The minimum atomic E-state index is -0.147. The summed E-state index contributed by atoms with van der Waals surface area (Å²) in [6, 6.07) is 6.18. The maximum atomic E-state index is 11.2. The second-order valence-corrected chi connectivity index (χ2v) is 4.69. The predicted octanol–water partition coefficient (Wildman–Crippen LogP) is 2.18. The number of fused-ring (bicyclic) bond motifs is 1. The molecule has 0 aliphatic heterocycles. The largest absolute Gasteiger partial charge is 0.497 e. The number of benzene rings is 1. The van der Waals surface area contributed by atoms with E-state index in [0.717, 1.165) is 18.7 Å². The van der Waals surface area contributed by atoms with Gasteiger partial charge in [-0.3, -0.25) is 4.79 Å². The molecule has 4 nitrogen and oxygen atoms in total. The fourth-order valence-corrected chi connectivity index (χ4v) is 2.23. The van der Waals surface area contributed by atoms with E-state index < -0.39 is 0 Å². The van der Waals surface area contributed by atoms with Crippen LogP contribution in [-0.4, -0.2) is 32.8 Å². The Hall–Kier alpha value is -1.81. The summed E-state index contributed by atoms with van der Waals surface area (Å²) >= 11 is 0. The molecule has 1 N–H and O–H groups in total. The van der Waals surface area contributed by atoms with Crippen molar-refractivity contribution in [2.45, 2.75) is 19.8 Å². The summed E-state index contributed by atoms with van der Waals surface area (Å²) in [5.41, 5.74) is 3.97. The van der Waals surface area contributed by atoms with Crippen molar-refractivity contribution in [3.05, 3.63) is 35.4 Å². The van der Waals surface area contributed by atoms with Crippen molar-refractivity contribution < 1.29 is 14.3 Å². The fourth-order valence-electron chi connectivity index (χ4n) is 2.23. The van der Waals surface area contributed by atoms with E-state index in [1.54, 1.807) is 7.11 Å². The van der Waals surface area contributed by atoms with Gasteiger partial charge < -0.3 is 14.8 Å². The molecule has 1 aliphatic rings. The van der Waals surface area contributed by atoms with Crippen molar-refractivity contribution in [2.75, 3.05) is 26.8 Å². The van der Waals surface area contributed by atoms with Gasteiger partial charge in [-0.25, -0.2) is 0 Å². The van der Waals surface area contributed by atoms with Crippen molar-refractivity contribution in [2.24, 2.45) is 0 Å². The number of rotatable bonds is 7. The van der Waals surface area contributed by atoms with Crippen molar-refractivity contribution in [1.29, 1.82) is 0 Å². The molecule has 0 radical (unpaired) electrons. The molecular weight excluding hydrogens is 254 g/mol. The van der Waals surface area contributed by atoms with Crippen LogP contribution in [-0.2, 0) is 16.0 Å². The third-order valence-electron chi connectivity index (χ3n) is 3.35. The highest BCUT2D eigenvalue weighted by Crippen LogP contribution is 2.36. The standard InChI is InChI=1S/C16H21NO3/c1-3-20-16(18)7-9-17-8-6-13-10-12-4-5-14(19-2)11-15(12)13/h4-6,11,17H,3,7-10H2,1-2H3/b13-6-. The van der Waals surface area contributed by atoms with Gasteiger partial charge in [-0.1, -0.05) is 12.1 Å². The summed E-state index contributed by atoms with van der Waals surface area (Å²) in [6.45, 7) is 3.68. The van der Waals surface area contributed by atoms with E-state index in [1.807, 2.05) is 13.0 Å². The Balaban J connectivity index is 1.75. The molecular formula is C16H21NO3. The van der Waals surface area contributed by atoms with Crippen molar-refractivity contribution in [3.8, 4) is 5.75 Å². The zero-order valence-electron chi connectivity index (χ0n) is 12.1. The molecule has 0 fully saturated rings. The van der Waals surface area contributed by atoms with Gasteiger partial charge >= 0.3 is 5.97 Å². The van der Waals surface area contributed by atoms with E-state index in [9.17, 15) is 4.79 Å². The lowest BCUT2D eigenvalue weighted by atomic mass is 9.82. The first-order valence-electron chi connectivity index (χ1n) is 6.97. The number of hydrogen-bond donors (Lipinski definition) is 1. The van der Waals surface area contributed by atoms with Gasteiger partial charge in [-0.05, 0) is 42.2 Å². The number of carbonyl (C=O) groups excluding carboxylic acids is 1. The van der Waals surface area contributed by atoms with Crippen LogP contribution in [0.2, 0.25) is 0 Å².